The third-order valence-electron chi connectivity index (χ3n) is 3.29. The lowest BCUT2D eigenvalue weighted by Crippen LogP contribution is -2.17. The second-order valence-electron chi connectivity index (χ2n) is 4.51. The fraction of sp³-hybridized carbons (Fsp3) is 0.333. The van der Waals surface area contributed by atoms with E-state index in [4.69, 9.17) is 4.74 Å². The molecule has 2 aromatic rings. The maximum atomic E-state index is 5.42. The molecule has 1 heterocycles. The molecule has 0 radical (unpaired) electrons. The molecule has 0 spiro atoms. The minimum atomic E-state index is 0.192. The highest BCUT2D eigenvalue weighted by Crippen LogP contribution is 2.34. The Kier molecular flexibility index (Phi) is 4.66. The van der Waals surface area contributed by atoms with E-state index in [0.29, 0.717) is 0 Å². The molecule has 0 bridgehead atoms. The van der Waals surface area contributed by atoms with Crippen LogP contribution in [0, 0.1) is 13.8 Å². The van der Waals surface area contributed by atoms with E-state index in [1.165, 1.54) is 19.8 Å². The molecule has 1 N–H and O–H groups in total. The number of hydrogen-bond acceptors (Lipinski definition) is 3. The molecule has 0 saturated carbocycles. The number of ether oxygens (including phenoxy) is 1. The number of methoxy groups -OCH3 is 1. The quantitative estimate of drug-likeness (QED) is 0.888. The fourth-order valence-corrected chi connectivity index (χ4v) is 4.01. The third kappa shape index (κ3) is 3.02. The smallest absolute Gasteiger partial charge is 0.122 e. The van der Waals surface area contributed by atoms with Crippen LogP contribution in [0.5, 0.6) is 5.75 Å². The summed E-state index contributed by atoms with van der Waals surface area (Å²) in [5.41, 5.74) is 3.69. The molecular weight excluding hydrogens is 322 g/mol. The number of rotatable bonds is 4. The van der Waals surface area contributed by atoms with Crippen LogP contribution in [0.3, 0.4) is 0 Å². The summed E-state index contributed by atoms with van der Waals surface area (Å²) in [4.78, 5) is 1.32. The van der Waals surface area contributed by atoms with Crippen LogP contribution < -0.4 is 10.1 Å². The molecule has 1 atom stereocenters. The van der Waals surface area contributed by atoms with Crippen molar-refractivity contribution >= 4 is 27.3 Å². The van der Waals surface area contributed by atoms with Crippen molar-refractivity contribution in [1.82, 2.24) is 5.32 Å². The summed E-state index contributed by atoms with van der Waals surface area (Å²) < 4.78 is 6.58. The Hall–Kier alpha value is -0.840. The van der Waals surface area contributed by atoms with E-state index in [9.17, 15) is 0 Å². The molecule has 0 fully saturated rings. The molecule has 1 aromatic heterocycles. The van der Waals surface area contributed by atoms with Crippen molar-refractivity contribution in [1.29, 1.82) is 0 Å². The molecule has 0 aliphatic rings. The zero-order valence-corrected chi connectivity index (χ0v) is 14.0. The summed E-state index contributed by atoms with van der Waals surface area (Å²) in [5, 5.41) is 3.39. The summed E-state index contributed by atoms with van der Waals surface area (Å²) >= 11 is 5.32. The van der Waals surface area contributed by atoms with E-state index in [1.54, 1.807) is 18.4 Å². The molecule has 1 unspecified atom stereocenters. The number of halogens is 1. The average molecular weight is 340 g/mol. The summed E-state index contributed by atoms with van der Waals surface area (Å²) in [6.07, 6.45) is 0. The van der Waals surface area contributed by atoms with Crippen molar-refractivity contribution in [3.05, 3.63) is 49.6 Å². The summed E-state index contributed by atoms with van der Waals surface area (Å²) in [5.74, 6) is 0.935. The number of nitrogens with one attached hydrogen (secondary N) is 1. The lowest BCUT2D eigenvalue weighted by molar-refractivity contribution is 0.410. The Bertz CT molecular complexity index is 580. The molecule has 2 nitrogen and oxygen atoms in total. The number of aryl methyl sites for hydroxylation is 2. The van der Waals surface area contributed by atoms with Gasteiger partial charge >= 0.3 is 0 Å². The second kappa shape index (κ2) is 6.07. The first-order chi connectivity index (χ1) is 9.06. The SMILES string of the molecule is CNC(c1ccc(C)c(OC)c1)c1cc(Br)sc1C. The van der Waals surface area contributed by atoms with E-state index < -0.39 is 0 Å². The first-order valence-corrected chi connectivity index (χ1v) is 7.75. The minimum Gasteiger partial charge on any atom is -0.496 e. The molecule has 2 rings (SSSR count). The Labute approximate surface area is 126 Å². The van der Waals surface area contributed by atoms with Gasteiger partial charge in [-0.25, -0.2) is 0 Å². The van der Waals surface area contributed by atoms with Crippen LogP contribution >= 0.6 is 27.3 Å². The molecule has 1 aromatic carbocycles. The van der Waals surface area contributed by atoms with Gasteiger partial charge in [-0.2, -0.15) is 0 Å². The monoisotopic (exact) mass is 339 g/mol. The van der Waals surface area contributed by atoms with Crippen LogP contribution in [-0.2, 0) is 0 Å². The number of thiophene rings is 1. The maximum Gasteiger partial charge on any atom is 0.122 e. The summed E-state index contributed by atoms with van der Waals surface area (Å²) in [6, 6.07) is 8.76. The Morgan fingerprint density at radius 3 is 2.53 bits per heavy atom. The molecule has 0 saturated heterocycles. The summed E-state index contributed by atoms with van der Waals surface area (Å²) in [6.45, 7) is 4.21. The van der Waals surface area contributed by atoms with E-state index in [-0.39, 0.29) is 6.04 Å². The zero-order valence-electron chi connectivity index (χ0n) is 11.6. The normalized spacial score (nSPS) is 12.5. The van der Waals surface area contributed by atoms with Gasteiger partial charge in [0.05, 0.1) is 16.9 Å². The molecule has 19 heavy (non-hydrogen) atoms. The van der Waals surface area contributed by atoms with Gasteiger partial charge in [0.15, 0.2) is 0 Å². The van der Waals surface area contributed by atoms with E-state index >= 15 is 0 Å². The molecule has 0 aliphatic carbocycles. The van der Waals surface area contributed by atoms with Gasteiger partial charge < -0.3 is 10.1 Å². The minimum absolute atomic E-state index is 0.192. The largest absolute Gasteiger partial charge is 0.496 e. The highest BCUT2D eigenvalue weighted by Gasteiger charge is 2.17. The molecule has 0 amide bonds. The van der Waals surface area contributed by atoms with Crippen molar-refractivity contribution in [2.45, 2.75) is 19.9 Å². The second-order valence-corrected chi connectivity index (χ2v) is 7.15. The zero-order chi connectivity index (χ0) is 14.0. The van der Waals surface area contributed by atoms with Crippen LogP contribution in [0.4, 0.5) is 0 Å². The van der Waals surface area contributed by atoms with Gasteiger partial charge in [-0.05, 0) is 65.6 Å². The number of hydrogen-bond donors (Lipinski definition) is 1. The van der Waals surface area contributed by atoms with Crippen LogP contribution in [0.15, 0.2) is 28.1 Å². The van der Waals surface area contributed by atoms with Crippen molar-refractivity contribution in [3.63, 3.8) is 0 Å². The van der Waals surface area contributed by atoms with Crippen LogP contribution in [-0.4, -0.2) is 14.2 Å². The average Bonchev–Trinajstić information content (AvgIpc) is 2.71. The van der Waals surface area contributed by atoms with Gasteiger partial charge in [-0.15, -0.1) is 11.3 Å². The molecule has 4 heteroatoms. The lowest BCUT2D eigenvalue weighted by atomic mass is 9.98. The van der Waals surface area contributed by atoms with E-state index in [2.05, 4.69) is 59.4 Å². The van der Waals surface area contributed by atoms with Gasteiger partial charge in [0.1, 0.15) is 5.75 Å². The first kappa shape index (κ1) is 14.6. The highest BCUT2D eigenvalue weighted by atomic mass is 79.9. The molecular formula is C15H18BrNOS. The predicted octanol–water partition coefficient (Wildman–Crippen LogP) is 4.44. The van der Waals surface area contributed by atoms with Gasteiger partial charge in [0.25, 0.3) is 0 Å². The third-order valence-corrected chi connectivity index (χ3v) is 4.86. The van der Waals surface area contributed by atoms with E-state index in [0.717, 1.165) is 11.3 Å². The lowest BCUT2D eigenvalue weighted by Gasteiger charge is -2.18. The Morgan fingerprint density at radius 1 is 1.26 bits per heavy atom. The standard InChI is InChI=1S/C15H18BrNOS/c1-9-5-6-11(7-13(9)18-4)15(17-3)12-8-14(16)19-10(12)2/h5-8,15,17H,1-4H3. The maximum absolute atomic E-state index is 5.42. The molecule has 0 aliphatic heterocycles. The van der Waals surface area contributed by atoms with Gasteiger partial charge in [-0.1, -0.05) is 12.1 Å². The Morgan fingerprint density at radius 2 is 2.00 bits per heavy atom. The van der Waals surface area contributed by atoms with Crippen molar-refractivity contribution in [2.75, 3.05) is 14.2 Å². The van der Waals surface area contributed by atoms with Crippen molar-refractivity contribution in [2.24, 2.45) is 0 Å². The van der Waals surface area contributed by atoms with Crippen LogP contribution in [0.25, 0.3) is 0 Å². The fourth-order valence-electron chi connectivity index (χ4n) is 2.26. The number of benzene rings is 1. The van der Waals surface area contributed by atoms with Gasteiger partial charge in [0.2, 0.25) is 0 Å². The van der Waals surface area contributed by atoms with Gasteiger partial charge in [0, 0.05) is 4.88 Å². The Balaban J connectivity index is 2.45. The van der Waals surface area contributed by atoms with Gasteiger partial charge in [-0.3, -0.25) is 0 Å². The highest BCUT2D eigenvalue weighted by molar-refractivity contribution is 9.11. The molecule has 102 valence electrons. The van der Waals surface area contributed by atoms with E-state index in [1.807, 2.05) is 7.05 Å². The van der Waals surface area contributed by atoms with Crippen molar-refractivity contribution in [3.8, 4) is 5.75 Å². The predicted molar refractivity (Wildman–Crippen MR) is 85.4 cm³/mol. The topological polar surface area (TPSA) is 21.3 Å². The van der Waals surface area contributed by atoms with Crippen LogP contribution in [0.2, 0.25) is 0 Å². The van der Waals surface area contributed by atoms with Crippen LogP contribution in [0.1, 0.15) is 27.6 Å². The summed E-state index contributed by atoms with van der Waals surface area (Å²) in [7, 11) is 3.70. The van der Waals surface area contributed by atoms with Crippen molar-refractivity contribution < 1.29 is 4.74 Å². The first-order valence-electron chi connectivity index (χ1n) is 6.14.